The molecule has 7 nitrogen and oxygen atoms in total. The van der Waals surface area contributed by atoms with Crippen molar-refractivity contribution in [1.82, 2.24) is 30.4 Å². The van der Waals surface area contributed by atoms with E-state index in [2.05, 4.69) is 30.9 Å². The summed E-state index contributed by atoms with van der Waals surface area (Å²) in [5.41, 5.74) is 2.77. The third-order valence-electron chi connectivity index (χ3n) is 3.97. The number of para-hydroxylation sites is 1. The number of benzene rings is 2. The number of hydrogen-bond acceptors (Lipinski definition) is 5. The quantitative estimate of drug-likeness (QED) is 0.559. The van der Waals surface area contributed by atoms with Crippen LogP contribution in [0.2, 0.25) is 0 Å². The number of aromatic amines is 1. The lowest BCUT2D eigenvalue weighted by Gasteiger charge is -2.13. The molecule has 2 N–H and O–H groups in total. The molecule has 0 saturated carbocycles. The van der Waals surface area contributed by atoms with Crippen molar-refractivity contribution in [2.75, 3.05) is 5.32 Å². The van der Waals surface area contributed by atoms with E-state index in [0.717, 1.165) is 18.2 Å². The van der Waals surface area contributed by atoms with Crippen molar-refractivity contribution in [3.05, 3.63) is 66.5 Å². The second-order valence-corrected chi connectivity index (χ2v) is 6.00. The fraction of sp³-hybridized carbons (Fsp3) is 0.111. The average Bonchev–Trinajstić information content (AvgIpc) is 3.34. The number of tetrazole rings is 1. The minimum Gasteiger partial charge on any atom is -0.355 e. The molecule has 0 aliphatic rings. The van der Waals surface area contributed by atoms with Crippen LogP contribution in [0.1, 0.15) is 12.5 Å². The van der Waals surface area contributed by atoms with Crippen LogP contribution in [0.25, 0.3) is 17.1 Å². The summed E-state index contributed by atoms with van der Waals surface area (Å²) in [6.45, 7) is 0.875. The molecule has 0 atom stereocenters. The fourth-order valence-electron chi connectivity index (χ4n) is 2.57. The molecule has 0 amide bonds. The highest BCUT2D eigenvalue weighted by Crippen LogP contribution is 2.30. The number of anilines is 2. The zero-order valence-corrected chi connectivity index (χ0v) is 14.3. The predicted molar refractivity (Wildman–Crippen MR) is 96.0 cm³/mol. The first-order valence-corrected chi connectivity index (χ1v) is 8.15. The van der Waals surface area contributed by atoms with E-state index in [0.29, 0.717) is 17.2 Å². The molecule has 0 aliphatic heterocycles. The van der Waals surface area contributed by atoms with Gasteiger partial charge in [-0.3, -0.25) is 5.10 Å². The van der Waals surface area contributed by atoms with Crippen LogP contribution in [0.3, 0.4) is 0 Å². The molecule has 0 bridgehead atoms. The maximum absolute atomic E-state index is 13.4. The molecule has 136 valence electrons. The largest absolute Gasteiger partial charge is 0.355 e. The van der Waals surface area contributed by atoms with Crippen LogP contribution in [-0.4, -0.2) is 30.4 Å². The Morgan fingerprint density at radius 3 is 2.56 bits per heavy atom. The summed E-state index contributed by atoms with van der Waals surface area (Å²) in [6.07, 6.45) is 3.24. The molecule has 27 heavy (non-hydrogen) atoms. The van der Waals surface area contributed by atoms with E-state index in [1.54, 1.807) is 24.5 Å². The Morgan fingerprint density at radius 1 is 1.07 bits per heavy atom. The molecule has 2 aromatic heterocycles. The molecule has 0 saturated heterocycles. The Hall–Kier alpha value is -3.62. The van der Waals surface area contributed by atoms with Crippen molar-refractivity contribution in [3.8, 4) is 17.1 Å². The van der Waals surface area contributed by atoms with Crippen LogP contribution in [0.5, 0.6) is 0 Å². The average molecular weight is 367 g/mol. The van der Waals surface area contributed by atoms with Gasteiger partial charge in [0.15, 0.2) is 0 Å². The Bertz CT molecular complexity index is 1030. The number of halogens is 2. The molecule has 4 aromatic rings. The summed E-state index contributed by atoms with van der Waals surface area (Å²) in [5.74, 6) is -2.44. The van der Waals surface area contributed by atoms with E-state index in [1.165, 1.54) is 16.9 Å². The van der Waals surface area contributed by atoms with E-state index < -0.39 is 5.92 Å². The van der Waals surface area contributed by atoms with Crippen molar-refractivity contribution < 1.29 is 8.78 Å². The molecule has 0 radical (unpaired) electrons. The summed E-state index contributed by atoms with van der Waals surface area (Å²) in [5, 5.41) is 22.2. The van der Waals surface area contributed by atoms with Gasteiger partial charge in [-0.25, -0.2) is 8.78 Å². The lowest BCUT2D eigenvalue weighted by molar-refractivity contribution is 0.0175. The van der Waals surface area contributed by atoms with Crippen LogP contribution >= 0.6 is 0 Å². The SMILES string of the molecule is CC(F)(F)c1ccc(Nc2ccccc2-c2nnn(-c3cn[nH]c3)n2)cc1. The molecule has 2 aromatic carbocycles. The van der Waals surface area contributed by atoms with Gasteiger partial charge in [0.05, 0.1) is 6.20 Å². The van der Waals surface area contributed by atoms with Gasteiger partial charge in [-0.1, -0.05) is 24.3 Å². The van der Waals surface area contributed by atoms with Crippen molar-refractivity contribution in [2.45, 2.75) is 12.8 Å². The third kappa shape index (κ3) is 3.52. The van der Waals surface area contributed by atoms with Crippen LogP contribution in [0.4, 0.5) is 20.2 Å². The number of nitrogens with zero attached hydrogens (tertiary/aromatic N) is 5. The molecule has 9 heteroatoms. The van der Waals surface area contributed by atoms with E-state index in [4.69, 9.17) is 0 Å². The van der Waals surface area contributed by atoms with Gasteiger partial charge < -0.3 is 5.32 Å². The summed E-state index contributed by atoms with van der Waals surface area (Å²) in [7, 11) is 0. The summed E-state index contributed by atoms with van der Waals surface area (Å²) < 4.78 is 26.7. The first kappa shape index (κ1) is 16.8. The summed E-state index contributed by atoms with van der Waals surface area (Å²) in [4.78, 5) is 1.37. The fourth-order valence-corrected chi connectivity index (χ4v) is 2.57. The lowest BCUT2D eigenvalue weighted by Crippen LogP contribution is -2.06. The van der Waals surface area contributed by atoms with E-state index in [9.17, 15) is 8.78 Å². The second-order valence-electron chi connectivity index (χ2n) is 6.00. The Balaban J connectivity index is 1.62. The molecule has 0 fully saturated rings. The van der Waals surface area contributed by atoms with Gasteiger partial charge in [-0.2, -0.15) is 5.10 Å². The predicted octanol–water partition coefficient (Wildman–Crippen LogP) is 3.91. The molecule has 4 rings (SSSR count). The smallest absolute Gasteiger partial charge is 0.270 e. The monoisotopic (exact) mass is 367 g/mol. The zero-order valence-electron chi connectivity index (χ0n) is 14.3. The standard InChI is InChI=1S/C18H15F2N7/c1-18(19,20)12-6-8-13(9-7-12)23-16-5-3-2-4-15(16)17-24-26-27(25-17)14-10-21-22-11-14/h2-11,23H,1H3,(H,21,22). The number of alkyl halides is 2. The van der Waals surface area contributed by atoms with Gasteiger partial charge in [-0.15, -0.1) is 15.0 Å². The van der Waals surface area contributed by atoms with Gasteiger partial charge in [0, 0.05) is 35.6 Å². The van der Waals surface area contributed by atoms with Gasteiger partial charge in [0.1, 0.15) is 5.69 Å². The minimum absolute atomic E-state index is 0.0361. The van der Waals surface area contributed by atoms with E-state index >= 15 is 0 Å². The number of aromatic nitrogens is 6. The van der Waals surface area contributed by atoms with Crippen LogP contribution in [0.15, 0.2) is 60.9 Å². The maximum atomic E-state index is 13.4. The zero-order chi connectivity index (χ0) is 18.9. The molecular weight excluding hydrogens is 352 g/mol. The van der Waals surface area contributed by atoms with Crippen molar-refractivity contribution in [1.29, 1.82) is 0 Å². The number of nitrogens with one attached hydrogen (secondary N) is 2. The number of hydrogen-bond donors (Lipinski definition) is 2. The Kier molecular flexibility index (Phi) is 4.11. The van der Waals surface area contributed by atoms with Crippen molar-refractivity contribution in [2.24, 2.45) is 0 Å². The highest BCUT2D eigenvalue weighted by atomic mass is 19.3. The minimum atomic E-state index is -2.87. The highest BCUT2D eigenvalue weighted by molar-refractivity contribution is 5.77. The number of H-pyrrole nitrogens is 1. The molecule has 0 aliphatic carbocycles. The Labute approximate surface area is 153 Å². The molecular formula is C18H15F2N7. The first-order valence-electron chi connectivity index (χ1n) is 8.15. The number of rotatable bonds is 5. The summed E-state index contributed by atoms with van der Waals surface area (Å²) in [6, 6.07) is 13.5. The van der Waals surface area contributed by atoms with E-state index in [1.807, 2.05) is 24.3 Å². The van der Waals surface area contributed by atoms with Gasteiger partial charge >= 0.3 is 0 Å². The molecule has 2 heterocycles. The Morgan fingerprint density at radius 2 is 1.85 bits per heavy atom. The van der Waals surface area contributed by atoms with Crippen molar-refractivity contribution >= 4 is 11.4 Å². The lowest BCUT2D eigenvalue weighted by atomic mass is 10.1. The van der Waals surface area contributed by atoms with Gasteiger partial charge in [0.25, 0.3) is 5.92 Å². The summed E-state index contributed by atoms with van der Waals surface area (Å²) >= 11 is 0. The normalized spacial score (nSPS) is 11.5. The molecule has 0 spiro atoms. The maximum Gasteiger partial charge on any atom is 0.270 e. The topological polar surface area (TPSA) is 84.3 Å². The molecule has 0 unspecified atom stereocenters. The van der Waals surface area contributed by atoms with E-state index in [-0.39, 0.29) is 5.56 Å². The van der Waals surface area contributed by atoms with Crippen LogP contribution in [0, 0.1) is 0 Å². The highest BCUT2D eigenvalue weighted by Gasteiger charge is 2.23. The van der Waals surface area contributed by atoms with Gasteiger partial charge in [0.2, 0.25) is 5.82 Å². The van der Waals surface area contributed by atoms with Crippen LogP contribution in [-0.2, 0) is 5.92 Å². The van der Waals surface area contributed by atoms with Crippen LogP contribution < -0.4 is 5.32 Å². The first-order chi connectivity index (χ1) is 13.0. The van der Waals surface area contributed by atoms with Gasteiger partial charge in [-0.05, 0) is 29.5 Å². The third-order valence-corrected chi connectivity index (χ3v) is 3.97. The second kappa shape index (κ2) is 6.60. The van der Waals surface area contributed by atoms with Crippen molar-refractivity contribution in [3.63, 3.8) is 0 Å².